The van der Waals surface area contributed by atoms with Crippen LogP contribution in [0.4, 0.5) is 5.69 Å². The van der Waals surface area contributed by atoms with E-state index in [0.29, 0.717) is 25.1 Å². The molecule has 0 heterocycles. The number of anilines is 1. The van der Waals surface area contributed by atoms with Gasteiger partial charge >= 0.3 is 0 Å². The third-order valence-corrected chi connectivity index (χ3v) is 8.57. The molecule has 1 atom stereocenters. The van der Waals surface area contributed by atoms with Crippen molar-refractivity contribution in [3.05, 3.63) is 95.6 Å². The lowest BCUT2D eigenvalue weighted by Gasteiger charge is -2.33. The fraction of sp³-hybridized carbons (Fsp3) is 0.375. The molecule has 0 spiro atoms. The Morgan fingerprint density at radius 1 is 0.875 bits per heavy atom. The average molecular weight is 564 g/mol. The molecule has 0 bridgehead atoms. The number of benzene rings is 3. The Balaban J connectivity index is 2.07. The van der Waals surface area contributed by atoms with E-state index < -0.39 is 28.5 Å². The Labute approximate surface area is 239 Å². The zero-order valence-corrected chi connectivity index (χ0v) is 24.9. The first-order valence-corrected chi connectivity index (χ1v) is 15.3. The van der Waals surface area contributed by atoms with Gasteiger partial charge in [-0.25, -0.2) is 8.42 Å². The Hall–Kier alpha value is -3.65. The lowest BCUT2D eigenvalue weighted by Crippen LogP contribution is -2.52. The van der Waals surface area contributed by atoms with Crippen molar-refractivity contribution in [1.82, 2.24) is 10.2 Å². The summed E-state index contributed by atoms with van der Waals surface area (Å²) in [6.07, 6.45) is 0.978. The summed E-state index contributed by atoms with van der Waals surface area (Å²) in [4.78, 5) is 29.0. The fourth-order valence-corrected chi connectivity index (χ4v) is 5.98. The summed E-state index contributed by atoms with van der Waals surface area (Å²) >= 11 is 0. The summed E-state index contributed by atoms with van der Waals surface area (Å²) in [5.74, 6) is -0.445. The molecule has 2 amide bonds. The van der Waals surface area contributed by atoms with Crippen molar-refractivity contribution >= 4 is 27.5 Å². The van der Waals surface area contributed by atoms with Crippen molar-refractivity contribution in [3.8, 4) is 0 Å². The van der Waals surface area contributed by atoms with E-state index >= 15 is 0 Å². The van der Waals surface area contributed by atoms with Crippen LogP contribution in [0.1, 0.15) is 50.8 Å². The van der Waals surface area contributed by atoms with Crippen LogP contribution in [0.5, 0.6) is 0 Å². The number of carbonyl (C=O) groups excluding carboxylic acids is 2. The number of nitrogens with zero attached hydrogens (tertiary/aromatic N) is 2. The molecule has 0 aliphatic rings. The van der Waals surface area contributed by atoms with Crippen LogP contribution in [0.15, 0.2) is 83.8 Å². The Morgan fingerprint density at radius 2 is 1.50 bits per heavy atom. The zero-order valence-electron chi connectivity index (χ0n) is 24.1. The molecular weight excluding hydrogens is 522 g/mol. The van der Waals surface area contributed by atoms with E-state index in [9.17, 15) is 18.0 Å². The van der Waals surface area contributed by atoms with E-state index in [4.69, 9.17) is 0 Å². The maximum Gasteiger partial charge on any atom is 0.264 e. The van der Waals surface area contributed by atoms with Crippen LogP contribution < -0.4 is 9.62 Å². The quantitative estimate of drug-likeness (QED) is 0.305. The van der Waals surface area contributed by atoms with E-state index in [1.807, 2.05) is 77.1 Å². The molecule has 8 heteroatoms. The van der Waals surface area contributed by atoms with Crippen LogP contribution in [0.25, 0.3) is 0 Å². The zero-order chi connectivity index (χ0) is 29.3. The summed E-state index contributed by atoms with van der Waals surface area (Å²) in [5, 5.41) is 2.95. The summed E-state index contributed by atoms with van der Waals surface area (Å²) in [7, 11) is -4.09. The molecular formula is C32H41N3O4S. The SMILES string of the molecule is CCc1ccccc1N(CC(=O)N(Cc1ccccc1)[C@@H](CC)C(=O)NCC(C)C)S(=O)(=O)c1ccc(C)cc1. The maximum absolute atomic E-state index is 14.1. The van der Waals surface area contributed by atoms with Gasteiger partial charge in [0, 0.05) is 13.1 Å². The van der Waals surface area contributed by atoms with Crippen LogP contribution in [0.2, 0.25) is 0 Å². The average Bonchev–Trinajstić information content (AvgIpc) is 2.95. The van der Waals surface area contributed by atoms with Crippen molar-refractivity contribution in [3.63, 3.8) is 0 Å². The lowest BCUT2D eigenvalue weighted by atomic mass is 10.1. The number of para-hydroxylation sites is 1. The fourth-order valence-electron chi connectivity index (χ4n) is 4.53. The van der Waals surface area contributed by atoms with Gasteiger partial charge in [-0.3, -0.25) is 13.9 Å². The van der Waals surface area contributed by atoms with Gasteiger partial charge in [0.1, 0.15) is 12.6 Å². The van der Waals surface area contributed by atoms with Crippen LogP contribution >= 0.6 is 0 Å². The monoisotopic (exact) mass is 563 g/mol. The first-order chi connectivity index (χ1) is 19.1. The smallest absolute Gasteiger partial charge is 0.264 e. The third kappa shape index (κ3) is 7.72. The molecule has 214 valence electrons. The van der Waals surface area contributed by atoms with Crippen molar-refractivity contribution in [2.45, 2.75) is 64.9 Å². The van der Waals surface area contributed by atoms with Gasteiger partial charge in [0.2, 0.25) is 11.8 Å². The van der Waals surface area contributed by atoms with Gasteiger partial charge in [0.15, 0.2) is 0 Å². The van der Waals surface area contributed by atoms with Gasteiger partial charge in [-0.1, -0.05) is 93.9 Å². The first kappa shape index (κ1) is 30.9. The molecule has 3 aromatic carbocycles. The molecule has 3 aromatic rings. The molecule has 7 nitrogen and oxygen atoms in total. The van der Waals surface area contributed by atoms with Gasteiger partial charge in [0.05, 0.1) is 10.6 Å². The molecule has 40 heavy (non-hydrogen) atoms. The highest BCUT2D eigenvalue weighted by molar-refractivity contribution is 7.92. The standard InChI is InChI=1S/C32H41N3O4S/c1-6-27-15-11-12-16-30(27)35(40(38,39)28-19-17-25(5)18-20-28)23-31(36)34(22-26-13-9-8-10-14-26)29(7-2)32(37)33-21-24(3)4/h8-20,24,29H,6-7,21-23H2,1-5H3,(H,33,37)/t29-/m0/s1. The Kier molecular flexibility index (Phi) is 10.9. The van der Waals surface area contributed by atoms with Crippen molar-refractivity contribution < 1.29 is 18.0 Å². The van der Waals surface area contributed by atoms with E-state index in [1.54, 1.807) is 36.4 Å². The predicted octanol–water partition coefficient (Wildman–Crippen LogP) is 5.33. The maximum atomic E-state index is 14.1. The Morgan fingerprint density at radius 3 is 2.10 bits per heavy atom. The Bertz CT molecular complexity index is 1370. The number of aryl methyl sites for hydroxylation is 2. The van der Waals surface area contributed by atoms with Gasteiger partial charge in [-0.05, 0) is 55.0 Å². The topological polar surface area (TPSA) is 86.8 Å². The predicted molar refractivity (Wildman–Crippen MR) is 160 cm³/mol. The number of sulfonamides is 1. The largest absolute Gasteiger partial charge is 0.354 e. The summed E-state index contributed by atoms with van der Waals surface area (Å²) in [6.45, 7) is 9.94. The second-order valence-electron chi connectivity index (χ2n) is 10.4. The molecule has 0 aromatic heterocycles. The first-order valence-electron chi connectivity index (χ1n) is 13.9. The highest BCUT2D eigenvalue weighted by atomic mass is 32.2. The molecule has 1 N–H and O–H groups in total. The van der Waals surface area contributed by atoms with Crippen LogP contribution in [-0.2, 0) is 32.6 Å². The van der Waals surface area contributed by atoms with Gasteiger partial charge in [-0.2, -0.15) is 0 Å². The molecule has 0 saturated heterocycles. The van der Waals surface area contributed by atoms with Gasteiger partial charge < -0.3 is 10.2 Å². The molecule has 0 aliphatic heterocycles. The van der Waals surface area contributed by atoms with E-state index in [1.165, 1.54) is 9.21 Å². The van der Waals surface area contributed by atoms with Crippen molar-refractivity contribution in [2.75, 3.05) is 17.4 Å². The van der Waals surface area contributed by atoms with Crippen molar-refractivity contribution in [1.29, 1.82) is 0 Å². The second kappa shape index (κ2) is 14.1. The summed E-state index contributed by atoms with van der Waals surface area (Å²) < 4.78 is 29.3. The molecule has 0 aliphatic carbocycles. The molecule has 0 saturated carbocycles. The molecule has 0 unspecified atom stereocenters. The highest BCUT2D eigenvalue weighted by Crippen LogP contribution is 2.28. The number of hydrogen-bond acceptors (Lipinski definition) is 4. The number of carbonyl (C=O) groups is 2. The molecule has 0 fully saturated rings. The minimum Gasteiger partial charge on any atom is -0.354 e. The summed E-state index contributed by atoms with van der Waals surface area (Å²) in [5.41, 5.74) is 3.05. The van der Waals surface area contributed by atoms with E-state index in [2.05, 4.69) is 5.32 Å². The van der Waals surface area contributed by atoms with Crippen molar-refractivity contribution in [2.24, 2.45) is 5.92 Å². The van der Waals surface area contributed by atoms with Crippen LogP contribution in [0.3, 0.4) is 0 Å². The summed E-state index contributed by atoms with van der Waals surface area (Å²) in [6, 6.07) is 22.5. The normalized spacial score (nSPS) is 12.2. The van der Waals surface area contributed by atoms with Crippen LogP contribution in [-0.4, -0.2) is 44.3 Å². The third-order valence-electron chi connectivity index (χ3n) is 6.80. The number of amides is 2. The highest BCUT2D eigenvalue weighted by Gasteiger charge is 2.34. The molecule has 3 rings (SSSR count). The second-order valence-corrected chi connectivity index (χ2v) is 12.2. The minimum absolute atomic E-state index is 0.105. The number of rotatable bonds is 13. The van der Waals surface area contributed by atoms with E-state index in [-0.39, 0.29) is 23.3 Å². The number of nitrogens with one attached hydrogen (secondary N) is 1. The minimum atomic E-state index is -4.09. The molecule has 0 radical (unpaired) electrons. The number of hydrogen-bond donors (Lipinski definition) is 1. The van der Waals surface area contributed by atoms with E-state index in [0.717, 1.165) is 16.7 Å². The van der Waals surface area contributed by atoms with Crippen LogP contribution in [0, 0.1) is 12.8 Å². The lowest BCUT2D eigenvalue weighted by molar-refractivity contribution is -0.140. The van der Waals surface area contributed by atoms with Gasteiger partial charge in [-0.15, -0.1) is 0 Å². The van der Waals surface area contributed by atoms with Gasteiger partial charge in [0.25, 0.3) is 10.0 Å².